The zero-order valence-electron chi connectivity index (χ0n) is 16.4. The third-order valence-electron chi connectivity index (χ3n) is 4.46. The molecular weight excluding hydrogens is 483 g/mol. The van der Waals surface area contributed by atoms with Crippen LogP contribution in [0.15, 0.2) is 52.8 Å². The molecule has 0 aliphatic rings. The maximum Gasteiger partial charge on any atom is 0.191 e. The first-order chi connectivity index (χ1) is 13.1. The molecule has 0 radical (unpaired) electrons. The Bertz CT molecular complexity index is 860. The summed E-state index contributed by atoms with van der Waals surface area (Å²) in [5, 5.41) is 17.3. The van der Waals surface area contributed by atoms with E-state index in [2.05, 4.69) is 57.4 Å². The van der Waals surface area contributed by atoms with Crippen molar-refractivity contribution in [2.24, 2.45) is 12.0 Å². The fourth-order valence-corrected chi connectivity index (χ4v) is 3.40. The summed E-state index contributed by atoms with van der Waals surface area (Å²) >= 11 is 1.79. The Morgan fingerprint density at radius 2 is 1.93 bits per heavy atom. The molecule has 3 rings (SSSR count). The molecule has 2 heterocycles. The molecule has 0 saturated carbocycles. The van der Waals surface area contributed by atoms with Crippen LogP contribution in [0.25, 0.3) is 0 Å². The highest BCUT2D eigenvalue weighted by Gasteiger charge is 2.09. The van der Waals surface area contributed by atoms with E-state index in [1.54, 1.807) is 11.3 Å². The van der Waals surface area contributed by atoms with Gasteiger partial charge in [-0.1, -0.05) is 43.3 Å². The van der Waals surface area contributed by atoms with Gasteiger partial charge in [-0.2, -0.15) is 0 Å². The van der Waals surface area contributed by atoms with Crippen LogP contribution in [0, 0.1) is 6.92 Å². The van der Waals surface area contributed by atoms with Crippen LogP contribution in [0.2, 0.25) is 0 Å². The van der Waals surface area contributed by atoms with Crippen molar-refractivity contribution in [2.75, 3.05) is 6.54 Å². The highest BCUT2D eigenvalue weighted by atomic mass is 127. The number of aliphatic imine (C=N–C) groups is 1. The maximum absolute atomic E-state index is 4.74. The highest BCUT2D eigenvalue weighted by molar-refractivity contribution is 14.0. The molecule has 0 fully saturated rings. The molecule has 2 N–H and O–H groups in total. The monoisotopic (exact) mass is 510 g/mol. The molecule has 0 aliphatic carbocycles. The van der Waals surface area contributed by atoms with Crippen molar-refractivity contribution in [1.82, 2.24) is 25.4 Å². The van der Waals surface area contributed by atoms with Crippen LogP contribution in [0.1, 0.15) is 34.9 Å². The van der Waals surface area contributed by atoms with Gasteiger partial charge in [0.1, 0.15) is 5.82 Å². The van der Waals surface area contributed by atoms with E-state index >= 15 is 0 Å². The van der Waals surface area contributed by atoms with Gasteiger partial charge in [0.15, 0.2) is 11.8 Å². The van der Waals surface area contributed by atoms with Gasteiger partial charge in [0.25, 0.3) is 0 Å². The summed E-state index contributed by atoms with van der Waals surface area (Å²) in [5.74, 6) is 2.98. The van der Waals surface area contributed by atoms with E-state index in [0.717, 1.165) is 24.2 Å². The van der Waals surface area contributed by atoms with Gasteiger partial charge in [0, 0.05) is 24.4 Å². The standard InChI is InChI=1S/C20H26N6S.HI/c1-15(18-10-7-11-27-18)12-21-20(22-13-17-8-5-4-6-9-17)23-14-19-25-24-16(2)26(19)3;/h4-11,15H,12-14H2,1-3H3,(H2,21,22,23);1H. The lowest BCUT2D eigenvalue weighted by Crippen LogP contribution is -2.39. The van der Waals surface area contributed by atoms with Crippen LogP contribution in [-0.4, -0.2) is 27.3 Å². The lowest BCUT2D eigenvalue weighted by molar-refractivity contribution is 0.684. The molecule has 0 saturated heterocycles. The SMILES string of the molecule is Cc1nnc(CNC(=NCc2ccccc2)NCC(C)c2cccs2)n1C.I. The number of thiophene rings is 1. The summed E-state index contributed by atoms with van der Waals surface area (Å²) in [6.45, 7) is 6.19. The molecule has 0 bridgehead atoms. The molecule has 0 amide bonds. The number of guanidine groups is 1. The smallest absolute Gasteiger partial charge is 0.191 e. The Morgan fingerprint density at radius 3 is 2.57 bits per heavy atom. The van der Waals surface area contributed by atoms with Gasteiger partial charge in [0.05, 0.1) is 13.1 Å². The Kier molecular flexibility index (Phi) is 8.91. The summed E-state index contributed by atoms with van der Waals surface area (Å²) in [6, 6.07) is 14.5. The van der Waals surface area contributed by atoms with Crippen molar-refractivity contribution in [3.8, 4) is 0 Å². The van der Waals surface area contributed by atoms with E-state index in [0.29, 0.717) is 19.0 Å². The first-order valence-corrected chi connectivity index (χ1v) is 9.96. The second kappa shape index (κ2) is 11.2. The Balaban J connectivity index is 0.00000280. The number of rotatable bonds is 7. The minimum Gasteiger partial charge on any atom is -0.356 e. The fraction of sp³-hybridized carbons (Fsp3) is 0.350. The first kappa shape index (κ1) is 22.4. The lowest BCUT2D eigenvalue weighted by Gasteiger charge is -2.16. The summed E-state index contributed by atoms with van der Waals surface area (Å²) in [7, 11) is 1.97. The number of hydrogen-bond acceptors (Lipinski definition) is 4. The second-order valence-corrected chi connectivity index (χ2v) is 7.50. The maximum atomic E-state index is 4.74. The van der Waals surface area contributed by atoms with Crippen LogP contribution >= 0.6 is 35.3 Å². The van der Waals surface area contributed by atoms with E-state index in [-0.39, 0.29) is 24.0 Å². The molecule has 1 unspecified atom stereocenters. The zero-order chi connectivity index (χ0) is 19.1. The highest BCUT2D eigenvalue weighted by Crippen LogP contribution is 2.19. The van der Waals surface area contributed by atoms with E-state index in [1.807, 2.05) is 36.7 Å². The normalized spacial score (nSPS) is 12.3. The molecule has 0 spiro atoms. The zero-order valence-corrected chi connectivity index (χ0v) is 19.6. The molecule has 2 aromatic heterocycles. The largest absolute Gasteiger partial charge is 0.356 e. The van der Waals surface area contributed by atoms with Crippen LogP contribution in [0.3, 0.4) is 0 Å². The predicted molar refractivity (Wildman–Crippen MR) is 126 cm³/mol. The summed E-state index contributed by atoms with van der Waals surface area (Å²) in [5.41, 5.74) is 1.18. The Hall–Kier alpha value is -1.94. The number of nitrogens with zero attached hydrogens (tertiary/aromatic N) is 4. The van der Waals surface area contributed by atoms with E-state index in [1.165, 1.54) is 10.4 Å². The number of hydrogen-bond donors (Lipinski definition) is 2. The number of nitrogens with one attached hydrogen (secondary N) is 2. The molecule has 8 heteroatoms. The third kappa shape index (κ3) is 6.30. The van der Waals surface area contributed by atoms with E-state index in [9.17, 15) is 0 Å². The fourth-order valence-electron chi connectivity index (χ4n) is 2.62. The topological polar surface area (TPSA) is 67.1 Å². The van der Waals surface area contributed by atoms with Crippen LogP contribution < -0.4 is 10.6 Å². The van der Waals surface area contributed by atoms with Gasteiger partial charge in [-0.05, 0) is 23.9 Å². The molecule has 28 heavy (non-hydrogen) atoms. The van der Waals surface area contributed by atoms with Gasteiger partial charge in [-0.15, -0.1) is 45.5 Å². The van der Waals surface area contributed by atoms with Gasteiger partial charge in [-0.3, -0.25) is 0 Å². The molecule has 1 aromatic carbocycles. The van der Waals surface area contributed by atoms with Gasteiger partial charge in [0.2, 0.25) is 0 Å². The summed E-state index contributed by atoms with van der Waals surface area (Å²) in [4.78, 5) is 6.11. The van der Waals surface area contributed by atoms with Crippen molar-refractivity contribution in [3.05, 3.63) is 69.9 Å². The van der Waals surface area contributed by atoms with Crippen LogP contribution in [0.5, 0.6) is 0 Å². The Morgan fingerprint density at radius 1 is 1.14 bits per heavy atom. The van der Waals surface area contributed by atoms with Crippen molar-refractivity contribution >= 4 is 41.3 Å². The quantitative estimate of drug-likeness (QED) is 0.288. The van der Waals surface area contributed by atoms with Crippen LogP contribution in [-0.2, 0) is 20.1 Å². The third-order valence-corrected chi connectivity index (χ3v) is 5.57. The minimum absolute atomic E-state index is 0. The molecule has 6 nitrogen and oxygen atoms in total. The number of aromatic nitrogens is 3. The second-order valence-electron chi connectivity index (χ2n) is 6.52. The molecular formula is C20H27IN6S. The number of halogens is 1. The summed E-state index contributed by atoms with van der Waals surface area (Å²) in [6.07, 6.45) is 0. The number of aryl methyl sites for hydroxylation is 1. The number of benzene rings is 1. The Labute approximate surface area is 187 Å². The van der Waals surface area contributed by atoms with Crippen molar-refractivity contribution in [1.29, 1.82) is 0 Å². The summed E-state index contributed by atoms with van der Waals surface area (Å²) < 4.78 is 1.98. The molecule has 150 valence electrons. The van der Waals surface area contributed by atoms with Gasteiger partial charge < -0.3 is 15.2 Å². The lowest BCUT2D eigenvalue weighted by atomic mass is 10.1. The minimum atomic E-state index is 0. The van der Waals surface area contributed by atoms with Gasteiger partial charge in [-0.25, -0.2) is 4.99 Å². The predicted octanol–water partition coefficient (Wildman–Crippen LogP) is 3.84. The van der Waals surface area contributed by atoms with Crippen molar-refractivity contribution < 1.29 is 0 Å². The van der Waals surface area contributed by atoms with Crippen molar-refractivity contribution in [3.63, 3.8) is 0 Å². The average molecular weight is 510 g/mol. The van der Waals surface area contributed by atoms with Gasteiger partial charge >= 0.3 is 0 Å². The van der Waals surface area contributed by atoms with Crippen LogP contribution in [0.4, 0.5) is 0 Å². The molecule has 3 aromatic rings. The molecule has 1 atom stereocenters. The van der Waals surface area contributed by atoms with Crippen molar-refractivity contribution in [2.45, 2.75) is 32.9 Å². The first-order valence-electron chi connectivity index (χ1n) is 9.08. The average Bonchev–Trinajstić information content (AvgIpc) is 3.33. The molecule has 0 aliphatic heterocycles. The van der Waals surface area contributed by atoms with E-state index < -0.39 is 0 Å². The van der Waals surface area contributed by atoms with E-state index in [4.69, 9.17) is 4.99 Å².